The summed E-state index contributed by atoms with van der Waals surface area (Å²) in [4.78, 5) is 14.4. The van der Waals surface area contributed by atoms with Crippen LogP contribution in [-0.4, -0.2) is 30.1 Å². The van der Waals surface area contributed by atoms with Gasteiger partial charge in [-0.2, -0.15) is 0 Å². The molecule has 0 aliphatic carbocycles. The number of benzene rings is 2. The maximum absolute atomic E-state index is 13.1. The van der Waals surface area contributed by atoms with E-state index in [1.807, 2.05) is 6.07 Å². The second-order valence-corrected chi connectivity index (χ2v) is 7.19. The molecule has 0 saturated heterocycles. The molecule has 7 heteroatoms. The van der Waals surface area contributed by atoms with Crippen LogP contribution in [0.5, 0.6) is 5.75 Å². The Morgan fingerprint density at radius 2 is 1.90 bits per heavy atom. The minimum atomic E-state index is -1.13. The van der Waals surface area contributed by atoms with E-state index in [2.05, 4.69) is 0 Å². The zero-order valence-corrected chi connectivity index (χ0v) is 17.1. The highest BCUT2D eigenvalue weighted by atomic mass is 35.5. The van der Waals surface area contributed by atoms with Crippen LogP contribution < -0.4 is 15.4 Å². The molecule has 0 spiro atoms. The number of anilines is 1. The van der Waals surface area contributed by atoms with E-state index in [4.69, 9.17) is 27.5 Å². The molecule has 0 saturated carbocycles. The monoisotopic (exact) mass is 411 g/mol. The molecule has 150 valence electrons. The normalized spacial score (nSPS) is 16.2. The summed E-state index contributed by atoms with van der Waals surface area (Å²) in [6.45, 7) is 3.38. The van der Waals surface area contributed by atoms with Crippen molar-refractivity contribution in [1.82, 2.24) is 0 Å². The Hall–Kier alpha value is -3.09. The summed E-state index contributed by atoms with van der Waals surface area (Å²) >= 11 is 5.92. The first-order valence-electron chi connectivity index (χ1n) is 8.94. The maximum Gasteiger partial charge on any atom is 0.260 e. The Labute approximate surface area is 174 Å². The Morgan fingerprint density at radius 1 is 1.24 bits per heavy atom. The number of aliphatic hydroxyl groups is 1. The quantitative estimate of drug-likeness (QED) is 0.660. The van der Waals surface area contributed by atoms with Crippen molar-refractivity contribution in [3.8, 4) is 5.75 Å². The number of fused-ring (bicyclic) bond motifs is 1. The van der Waals surface area contributed by atoms with E-state index in [0.29, 0.717) is 50.1 Å². The third kappa shape index (κ3) is 3.90. The molecule has 6 nitrogen and oxygen atoms in total. The van der Waals surface area contributed by atoms with Gasteiger partial charge < -0.3 is 21.0 Å². The molecule has 1 amide bonds. The fraction of sp³-hybridized carbons (Fsp3) is 0.182. The third-order valence-electron chi connectivity index (χ3n) is 4.67. The highest BCUT2D eigenvalue weighted by molar-refractivity contribution is 6.30. The number of carbonyl (C=O) groups is 1. The van der Waals surface area contributed by atoms with Crippen molar-refractivity contribution in [1.29, 1.82) is 5.41 Å². The predicted molar refractivity (Wildman–Crippen MR) is 116 cm³/mol. The molecule has 2 aromatic rings. The van der Waals surface area contributed by atoms with Crippen molar-refractivity contribution >= 4 is 40.6 Å². The van der Waals surface area contributed by atoms with Gasteiger partial charge in [-0.05, 0) is 55.8 Å². The lowest BCUT2D eigenvalue weighted by molar-refractivity contribution is 0.0926. The zero-order chi connectivity index (χ0) is 21.3. The lowest BCUT2D eigenvalue weighted by atomic mass is 9.94. The first-order valence-corrected chi connectivity index (χ1v) is 9.32. The van der Waals surface area contributed by atoms with E-state index < -0.39 is 6.23 Å². The van der Waals surface area contributed by atoms with Crippen molar-refractivity contribution in [3.63, 3.8) is 0 Å². The van der Waals surface area contributed by atoms with Crippen LogP contribution in [0.15, 0.2) is 48.2 Å². The molecule has 3 rings (SSSR count). The molecule has 1 aliphatic heterocycles. The second kappa shape index (κ2) is 8.11. The molecule has 0 aromatic heterocycles. The summed E-state index contributed by atoms with van der Waals surface area (Å²) in [7, 11) is 1.51. The number of hydrogen-bond donors (Lipinski definition) is 3. The molecule has 1 heterocycles. The lowest BCUT2D eigenvalue weighted by Crippen LogP contribution is -2.41. The van der Waals surface area contributed by atoms with E-state index in [-0.39, 0.29) is 5.91 Å². The van der Waals surface area contributed by atoms with Crippen LogP contribution in [0.4, 0.5) is 5.69 Å². The van der Waals surface area contributed by atoms with Gasteiger partial charge >= 0.3 is 0 Å². The van der Waals surface area contributed by atoms with E-state index in [0.717, 1.165) is 0 Å². The molecule has 4 N–H and O–H groups in total. The predicted octanol–water partition coefficient (Wildman–Crippen LogP) is 4.07. The fourth-order valence-corrected chi connectivity index (χ4v) is 3.51. The van der Waals surface area contributed by atoms with Crippen LogP contribution >= 0.6 is 11.6 Å². The minimum Gasteiger partial charge on any atom is -0.496 e. The fourth-order valence-electron chi connectivity index (χ4n) is 3.38. The van der Waals surface area contributed by atoms with Crippen LogP contribution in [0.25, 0.3) is 11.6 Å². The van der Waals surface area contributed by atoms with E-state index in [1.165, 1.54) is 18.1 Å². The summed E-state index contributed by atoms with van der Waals surface area (Å²) in [5, 5.41) is 19.1. The summed E-state index contributed by atoms with van der Waals surface area (Å²) in [5.74, 6) is 0.0788. The van der Waals surface area contributed by atoms with E-state index in [9.17, 15) is 9.90 Å². The van der Waals surface area contributed by atoms with Crippen molar-refractivity contribution < 1.29 is 14.6 Å². The van der Waals surface area contributed by atoms with Crippen molar-refractivity contribution in [2.24, 2.45) is 5.73 Å². The minimum absolute atomic E-state index is 0.303. The average molecular weight is 412 g/mol. The number of allylic oxidation sites excluding steroid dienone is 2. The van der Waals surface area contributed by atoms with Crippen molar-refractivity contribution in [3.05, 3.63) is 69.9 Å². The van der Waals surface area contributed by atoms with Gasteiger partial charge in [0.25, 0.3) is 5.91 Å². The number of carbonyl (C=O) groups excluding carboxylic acids is 1. The topological polar surface area (TPSA) is 99.6 Å². The smallest absolute Gasteiger partial charge is 0.260 e. The van der Waals surface area contributed by atoms with Gasteiger partial charge in [0, 0.05) is 39.2 Å². The first-order chi connectivity index (χ1) is 13.7. The Balaban J connectivity index is 2.16. The Bertz CT molecular complexity index is 1040. The van der Waals surface area contributed by atoms with Crippen LogP contribution in [0.1, 0.15) is 35.3 Å². The van der Waals surface area contributed by atoms with Crippen LogP contribution in [0.3, 0.4) is 0 Å². The number of nitrogens with two attached hydrogens (primary N) is 1. The molecule has 1 aliphatic rings. The molecule has 0 bridgehead atoms. The molecular weight excluding hydrogens is 390 g/mol. The number of amides is 1. The van der Waals surface area contributed by atoms with Crippen LogP contribution in [-0.2, 0) is 0 Å². The van der Waals surface area contributed by atoms with Crippen molar-refractivity contribution in [2.45, 2.75) is 20.1 Å². The summed E-state index contributed by atoms with van der Waals surface area (Å²) in [6.07, 6.45) is 2.14. The summed E-state index contributed by atoms with van der Waals surface area (Å²) in [5.41, 5.74) is 9.61. The number of nitrogens with zero attached hydrogens (tertiary/aromatic N) is 1. The van der Waals surface area contributed by atoms with Crippen LogP contribution in [0, 0.1) is 5.41 Å². The van der Waals surface area contributed by atoms with Gasteiger partial charge in [-0.25, -0.2) is 0 Å². The van der Waals surface area contributed by atoms with Crippen molar-refractivity contribution in [2.75, 3.05) is 12.0 Å². The van der Waals surface area contributed by atoms with Gasteiger partial charge in [0.2, 0.25) is 0 Å². The lowest BCUT2D eigenvalue weighted by Gasteiger charge is -2.32. The molecular formula is C22H22ClN3O3. The molecule has 2 aromatic carbocycles. The van der Waals surface area contributed by atoms with Gasteiger partial charge in [0.1, 0.15) is 5.75 Å². The highest BCUT2D eigenvalue weighted by Gasteiger charge is 2.29. The molecule has 1 atom stereocenters. The first kappa shape index (κ1) is 20.6. The number of halogens is 1. The summed E-state index contributed by atoms with van der Waals surface area (Å²) < 4.78 is 5.53. The number of ether oxygens (including phenoxy) is 1. The van der Waals surface area contributed by atoms with Crippen LogP contribution in [0.2, 0.25) is 5.02 Å². The number of aliphatic hydroxyl groups excluding tert-OH is 1. The summed E-state index contributed by atoms with van der Waals surface area (Å²) in [6, 6.07) is 9.95. The Kier molecular flexibility index (Phi) is 5.77. The molecule has 1 unspecified atom stereocenters. The number of hydrogen-bond acceptors (Lipinski definition) is 5. The molecule has 0 radical (unpaired) electrons. The number of nitrogens with one attached hydrogen (secondary N) is 1. The van der Waals surface area contributed by atoms with Gasteiger partial charge in [-0.3, -0.25) is 9.69 Å². The van der Waals surface area contributed by atoms with Gasteiger partial charge in [0.05, 0.1) is 12.8 Å². The molecule has 29 heavy (non-hydrogen) atoms. The Morgan fingerprint density at radius 3 is 2.45 bits per heavy atom. The maximum atomic E-state index is 13.1. The SMILES string of the molecule is COc1cc2c(cc1/C(C(C)=N)=C(\C)N)C=CC(O)N2C(=O)c1ccc(Cl)cc1. The standard InChI is InChI=1S/C22H22ClN3O3/c1-12(24)21(13(2)25)17-10-15-6-9-20(27)26(18(15)11-19(17)29-3)22(28)14-4-7-16(23)8-5-14/h4-11,20,24,27H,25H2,1-3H3/b21-13+,24-12?. The van der Waals surface area contributed by atoms with E-state index in [1.54, 1.807) is 50.3 Å². The number of methoxy groups -OCH3 is 1. The van der Waals surface area contributed by atoms with E-state index >= 15 is 0 Å². The largest absolute Gasteiger partial charge is 0.496 e. The van der Waals surface area contributed by atoms with Gasteiger partial charge in [-0.15, -0.1) is 0 Å². The highest BCUT2D eigenvalue weighted by Crippen LogP contribution is 2.39. The second-order valence-electron chi connectivity index (χ2n) is 6.75. The molecule has 0 fully saturated rings. The average Bonchev–Trinajstić information content (AvgIpc) is 2.67. The number of rotatable bonds is 4. The third-order valence-corrected chi connectivity index (χ3v) is 4.92. The van der Waals surface area contributed by atoms with Gasteiger partial charge in [0.15, 0.2) is 6.23 Å². The van der Waals surface area contributed by atoms with Gasteiger partial charge in [-0.1, -0.05) is 17.7 Å². The zero-order valence-electron chi connectivity index (χ0n) is 16.4.